The van der Waals surface area contributed by atoms with Crippen molar-refractivity contribution in [1.82, 2.24) is 4.57 Å². The van der Waals surface area contributed by atoms with Gasteiger partial charge in [0.2, 0.25) is 5.91 Å². The predicted octanol–water partition coefficient (Wildman–Crippen LogP) is 3.56. The SMILES string of the molecule is O=C(Cn1ccc2c(F)cccc21)Nc1ccccc1F. The summed E-state index contributed by atoms with van der Waals surface area (Å²) in [6.07, 6.45) is 1.63. The number of halogens is 2. The maximum atomic E-state index is 13.6. The largest absolute Gasteiger partial charge is 0.338 e. The zero-order chi connectivity index (χ0) is 14.8. The van der Waals surface area contributed by atoms with Crippen LogP contribution in [0.1, 0.15) is 0 Å². The van der Waals surface area contributed by atoms with Crippen LogP contribution < -0.4 is 5.32 Å². The first-order chi connectivity index (χ1) is 10.1. The summed E-state index contributed by atoms with van der Waals surface area (Å²) in [5.41, 5.74) is 0.754. The van der Waals surface area contributed by atoms with Crippen LogP contribution in [0.25, 0.3) is 10.9 Å². The van der Waals surface area contributed by atoms with Crippen LogP contribution in [0.3, 0.4) is 0 Å². The van der Waals surface area contributed by atoms with E-state index in [-0.39, 0.29) is 24.0 Å². The standard InChI is InChI=1S/C16H12F2N2O/c17-12-5-3-7-15-11(12)8-9-20(15)10-16(21)19-14-6-2-1-4-13(14)18/h1-9H,10H2,(H,19,21). The number of benzene rings is 2. The number of hydrogen-bond acceptors (Lipinski definition) is 1. The molecule has 1 amide bonds. The predicted molar refractivity (Wildman–Crippen MR) is 76.9 cm³/mol. The second-order valence-corrected chi connectivity index (χ2v) is 4.64. The van der Waals surface area contributed by atoms with Crippen molar-refractivity contribution in [3.05, 3.63) is 66.4 Å². The molecule has 2 aromatic carbocycles. The smallest absolute Gasteiger partial charge is 0.244 e. The first-order valence-corrected chi connectivity index (χ1v) is 6.43. The maximum Gasteiger partial charge on any atom is 0.244 e. The second kappa shape index (κ2) is 5.36. The zero-order valence-corrected chi connectivity index (χ0v) is 11.0. The van der Waals surface area contributed by atoms with Crippen molar-refractivity contribution in [1.29, 1.82) is 0 Å². The summed E-state index contributed by atoms with van der Waals surface area (Å²) in [6, 6.07) is 12.2. The van der Waals surface area contributed by atoms with E-state index in [2.05, 4.69) is 5.32 Å². The van der Waals surface area contributed by atoms with E-state index in [1.807, 2.05) is 0 Å². The first kappa shape index (κ1) is 13.3. The van der Waals surface area contributed by atoms with Gasteiger partial charge in [-0.25, -0.2) is 8.78 Å². The highest BCUT2D eigenvalue weighted by Crippen LogP contribution is 2.19. The van der Waals surface area contributed by atoms with Crippen molar-refractivity contribution >= 4 is 22.5 Å². The molecule has 0 saturated carbocycles. The van der Waals surface area contributed by atoms with Crippen LogP contribution in [0.2, 0.25) is 0 Å². The monoisotopic (exact) mass is 286 g/mol. The topological polar surface area (TPSA) is 34.0 Å². The fourth-order valence-electron chi connectivity index (χ4n) is 2.23. The van der Waals surface area contributed by atoms with Crippen molar-refractivity contribution in [2.75, 3.05) is 5.32 Å². The highest BCUT2D eigenvalue weighted by Gasteiger charge is 2.10. The van der Waals surface area contributed by atoms with Gasteiger partial charge >= 0.3 is 0 Å². The van der Waals surface area contributed by atoms with Crippen LogP contribution in [0.15, 0.2) is 54.7 Å². The first-order valence-electron chi connectivity index (χ1n) is 6.43. The number of carbonyl (C=O) groups is 1. The van der Waals surface area contributed by atoms with Crippen LogP contribution in [0, 0.1) is 11.6 Å². The molecule has 0 aliphatic rings. The van der Waals surface area contributed by atoms with Crippen LogP contribution in [0.4, 0.5) is 14.5 Å². The highest BCUT2D eigenvalue weighted by molar-refractivity contribution is 5.92. The Morgan fingerprint density at radius 1 is 1.00 bits per heavy atom. The third-order valence-corrected chi connectivity index (χ3v) is 3.22. The molecule has 5 heteroatoms. The lowest BCUT2D eigenvalue weighted by atomic mass is 10.2. The van der Waals surface area contributed by atoms with E-state index in [1.165, 1.54) is 18.2 Å². The fraction of sp³-hybridized carbons (Fsp3) is 0.0625. The molecule has 21 heavy (non-hydrogen) atoms. The number of carbonyl (C=O) groups excluding carboxylic acids is 1. The van der Waals surface area contributed by atoms with Crippen LogP contribution in [0.5, 0.6) is 0 Å². The van der Waals surface area contributed by atoms with E-state index < -0.39 is 5.82 Å². The fourth-order valence-corrected chi connectivity index (χ4v) is 2.23. The molecule has 0 aliphatic heterocycles. The Labute approximate surface area is 119 Å². The van der Waals surface area contributed by atoms with Crippen molar-refractivity contribution in [2.24, 2.45) is 0 Å². The molecule has 1 heterocycles. The summed E-state index contributed by atoms with van der Waals surface area (Å²) < 4.78 is 28.7. The number of anilines is 1. The summed E-state index contributed by atoms with van der Waals surface area (Å²) in [5.74, 6) is -1.20. The summed E-state index contributed by atoms with van der Waals surface area (Å²) >= 11 is 0. The van der Waals surface area contributed by atoms with E-state index in [0.29, 0.717) is 10.9 Å². The number of para-hydroxylation sites is 1. The van der Waals surface area contributed by atoms with Gasteiger partial charge < -0.3 is 9.88 Å². The van der Waals surface area contributed by atoms with Gasteiger partial charge in [0.15, 0.2) is 0 Å². The summed E-state index contributed by atoms with van der Waals surface area (Å²) in [5, 5.41) is 2.95. The van der Waals surface area contributed by atoms with Gasteiger partial charge in [0.1, 0.15) is 18.2 Å². The molecule has 3 nitrogen and oxygen atoms in total. The normalized spacial score (nSPS) is 10.8. The minimum Gasteiger partial charge on any atom is -0.338 e. The second-order valence-electron chi connectivity index (χ2n) is 4.64. The summed E-state index contributed by atoms with van der Waals surface area (Å²) in [6.45, 7) is -0.0126. The summed E-state index contributed by atoms with van der Waals surface area (Å²) in [7, 11) is 0. The number of aromatic nitrogens is 1. The number of nitrogens with zero attached hydrogens (tertiary/aromatic N) is 1. The molecule has 3 aromatic rings. The molecule has 0 fully saturated rings. The molecule has 0 radical (unpaired) electrons. The van der Waals surface area contributed by atoms with Gasteiger partial charge in [0.25, 0.3) is 0 Å². The Morgan fingerprint density at radius 2 is 1.76 bits per heavy atom. The van der Waals surface area contributed by atoms with Gasteiger partial charge in [-0.2, -0.15) is 0 Å². The lowest BCUT2D eigenvalue weighted by molar-refractivity contribution is -0.116. The molecule has 0 atom stereocenters. The minimum atomic E-state index is -0.491. The van der Waals surface area contributed by atoms with Gasteiger partial charge in [0.05, 0.1) is 11.2 Å². The molecule has 1 N–H and O–H groups in total. The lowest BCUT2D eigenvalue weighted by Crippen LogP contribution is -2.18. The average molecular weight is 286 g/mol. The zero-order valence-electron chi connectivity index (χ0n) is 11.0. The van der Waals surface area contributed by atoms with Gasteiger partial charge in [-0.1, -0.05) is 18.2 Å². The Balaban J connectivity index is 1.81. The van der Waals surface area contributed by atoms with Gasteiger partial charge in [-0.05, 0) is 30.3 Å². The van der Waals surface area contributed by atoms with E-state index in [0.717, 1.165) is 0 Å². The van der Waals surface area contributed by atoms with Gasteiger partial charge in [-0.3, -0.25) is 4.79 Å². The van der Waals surface area contributed by atoms with E-state index in [4.69, 9.17) is 0 Å². The van der Waals surface area contributed by atoms with Crippen molar-refractivity contribution < 1.29 is 13.6 Å². The van der Waals surface area contributed by atoms with Crippen LogP contribution in [-0.2, 0) is 11.3 Å². The van der Waals surface area contributed by atoms with Gasteiger partial charge in [-0.15, -0.1) is 0 Å². The van der Waals surface area contributed by atoms with E-state index in [1.54, 1.807) is 41.1 Å². The maximum absolute atomic E-state index is 13.6. The van der Waals surface area contributed by atoms with Crippen LogP contribution >= 0.6 is 0 Å². The number of rotatable bonds is 3. The molecular formula is C16H12F2N2O. The van der Waals surface area contributed by atoms with Gasteiger partial charge in [0, 0.05) is 11.6 Å². The molecule has 0 aliphatic carbocycles. The Bertz CT molecular complexity index is 811. The van der Waals surface area contributed by atoms with Crippen molar-refractivity contribution in [3.8, 4) is 0 Å². The van der Waals surface area contributed by atoms with E-state index >= 15 is 0 Å². The molecule has 0 spiro atoms. The summed E-state index contributed by atoms with van der Waals surface area (Å²) in [4.78, 5) is 12.0. The third kappa shape index (κ3) is 2.63. The molecule has 0 saturated heterocycles. The Morgan fingerprint density at radius 3 is 2.57 bits per heavy atom. The van der Waals surface area contributed by atoms with Crippen molar-refractivity contribution in [2.45, 2.75) is 6.54 Å². The average Bonchev–Trinajstić information content (AvgIpc) is 2.86. The number of amides is 1. The molecule has 1 aromatic heterocycles. The molecule has 0 bridgehead atoms. The minimum absolute atomic E-state index is 0.0126. The Kier molecular flexibility index (Phi) is 3.39. The molecule has 106 valence electrons. The third-order valence-electron chi connectivity index (χ3n) is 3.22. The number of nitrogens with one attached hydrogen (secondary N) is 1. The number of fused-ring (bicyclic) bond motifs is 1. The number of hydrogen-bond donors (Lipinski definition) is 1. The molecule has 3 rings (SSSR count). The highest BCUT2D eigenvalue weighted by atomic mass is 19.1. The van der Waals surface area contributed by atoms with Crippen molar-refractivity contribution in [3.63, 3.8) is 0 Å². The molecular weight excluding hydrogens is 274 g/mol. The quantitative estimate of drug-likeness (QED) is 0.785. The van der Waals surface area contributed by atoms with Crippen LogP contribution in [-0.4, -0.2) is 10.5 Å². The molecule has 0 unspecified atom stereocenters. The lowest BCUT2D eigenvalue weighted by Gasteiger charge is -2.08. The Hall–Kier alpha value is -2.69. The van der Waals surface area contributed by atoms with E-state index in [9.17, 15) is 13.6 Å².